The molecule has 0 spiro atoms. The first kappa shape index (κ1) is 14.6. The molecule has 0 radical (unpaired) electrons. The summed E-state index contributed by atoms with van der Waals surface area (Å²) in [4.78, 5) is 12.0. The highest BCUT2D eigenvalue weighted by Crippen LogP contribution is 2.22. The summed E-state index contributed by atoms with van der Waals surface area (Å²) in [6.07, 6.45) is -0.0901. The Balaban J connectivity index is 1.89. The Labute approximate surface area is 118 Å². The molecule has 1 aliphatic rings. The highest BCUT2D eigenvalue weighted by Gasteiger charge is 2.16. The highest BCUT2D eigenvalue weighted by atomic mass is 16.6. The number of carbonyl (C=O) groups is 1. The zero-order chi connectivity index (χ0) is 14.4. The minimum Gasteiger partial charge on any atom is -0.492 e. The van der Waals surface area contributed by atoms with E-state index in [4.69, 9.17) is 19.9 Å². The van der Waals surface area contributed by atoms with Crippen LogP contribution < -0.4 is 15.8 Å². The summed E-state index contributed by atoms with van der Waals surface area (Å²) in [6.45, 7) is 4.52. The van der Waals surface area contributed by atoms with Crippen LogP contribution in [-0.4, -0.2) is 45.0 Å². The number of rotatable bonds is 5. The van der Waals surface area contributed by atoms with Crippen LogP contribution in [0.1, 0.15) is 17.3 Å². The Bertz CT molecular complexity index is 458. The molecular weight excluding hydrogens is 260 g/mol. The second-order valence-corrected chi connectivity index (χ2v) is 4.46. The summed E-state index contributed by atoms with van der Waals surface area (Å²) in [6, 6.07) is 5.00. The number of nitrogens with two attached hydrogens (primary N) is 1. The molecule has 0 aliphatic carbocycles. The maximum absolute atomic E-state index is 12.0. The zero-order valence-electron chi connectivity index (χ0n) is 11.6. The van der Waals surface area contributed by atoms with Crippen molar-refractivity contribution in [3.05, 3.63) is 23.8 Å². The predicted molar refractivity (Wildman–Crippen MR) is 74.9 cm³/mol. The van der Waals surface area contributed by atoms with Gasteiger partial charge in [0.05, 0.1) is 38.2 Å². The number of ether oxygens (including phenoxy) is 3. The Hall–Kier alpha value is -1.79. The molecule has 2 rings (SSSR count). The van der Waals surface area contributed by atoms with Gasteiger partial charge in [-0.15, -0.1) is 0 Å². The second kappa shape index (κ2) is 7.12. The normalized spacial score (nSPS) is 18.6. The molecule has 1 fully saturated rings. The predicted octanol–water partition coefficient (Wildman–Crippen LogP) is 0.813. The molecule has 20 heavy (non-hydrogen) atoms. The van der Waals surface area contributed by atoms with Crippen molar-refractivity contribution in [1.82, 2.24) is 5.32 Å². The van der Waals surface area contributed by atoms with E-state index < -0.39 is 0 Å². The van der Waals surface area contributed by atoms with Crippen molar-refractivity contribution in [2.24, 2.45) is 0 Å². The van der Waals surface area contributed by atoms with Crippen LogP contribution in [0.3, 0.4) is 0 Å². The van der Waals surface area contributed by atoms with Crippen molar-refractivity contribution in [2.45, 2.75) is 13.0 Å². The Kier molecular flexibility index (Phi) is 5.20. The first-order chi connectivity index (χ1) is 9.70. The molecule has 1 amide bonds. The van der Waals surface area contributed by atoms with Crippen molar-refractivity contribution < 1.29 is 19.0 Å². The number of benzene rings is 1. The number of hydrogen-bond acceptors (Lipinski definition) is 5. The lowest BCUT2D eigenvalue weighted by Crippen LogP contribution is -2.39. The summed E-state index contributed by atoms with van der Waals surface area (Å²) in [7, 11) is 0. The van der Waals surface area contributed by atoms with Gasteiger partial charge in [0.1, 0.15) is 5.75 Å². The molecule has 6 nitrogen and oxygen atoms in total. The molecule has 6 heteroatoms. The molecule has 0 aromatic heterocycles. The van der Waals surface area contributed by atoms with Crippen molar-refractivity contribution in [3.8, 4) is 5.75 Å². The van der Waals surface area contributed by atoms with Crippen LogP contribution in [0.15, 0.2) is 18.2 Å². The van der Waals surface area contributed by atoms with Crippen LogP contribution in [0.2, 0.25) is 0 Å². The van der Waals surface area contributed by atoms with Gasteiger partial charge in [-0.3, -0.25) is 4.79 Å². The monoisotopic (exact) mass is 280 g/mol. The van der Waals surface area contributed by atoms with Gasteiger partial charge < -0.3 is 25.3 Å². The molecule has 1 aliphatic heterocycles. The van der Waals surface area contributed by atoms with E-state index in [1.54, 1.807) is 18.2 Å². The third kappa shape index (κ3) is 3.85. The van der Waals surface area contributed by atoms with Crippen molar-refractivity contribution in [1.29, 1.82) is 0 Å². The van der Waals surface area contributed by atoms with Gasteiger partial charge in [0.2, 0.25) is 0 Å². The van der Waals surface area contributed by atoms with Crippen LogP contribution >= 0.6 is 0 Å². The summed E-state index contributed by atoms with van der Waals surface area (Å²) in [5.74, 6) is 0.405. The minimum absolute atomic E-state index is 0.0901. The number of hydrogen-bond donors (Lipinski definition) is 2. The maximum atomic E-state index is 12.0. The second-order valence-electron chi connectivity index (χ2n) is 4.46. The van der Waals surface area contributed by atoms with E-state index in [1.165, 1.54) is 0 Å². The molecule has 1 heterocycles. The summed E-state index contributed by atoms with van der Waals surface area (Å²) >= 11 is 0. The van der Waals surface area contributed by atoms with E-state index in [2.05, 4.69) is 5.32 Å². The fourth-order valence-corrected chi connectivity index (χ4v) is 1.94. The first-order valence-corrected chi connectivity index (χ1v) is 6.70. The number of anilines is 1. The van der Waals surface area contributed by atoms with E-state index in [-0.39, 0.29) is 12.0 Å². The lowest BCUT2D eigenvalue weighted by molar-refractivity contribution is -0.0855. The van der Waals surface area contributed by atoms with Crippen LogP contribution in [-0.2, 0) is 9.47 Å². The quantitative estimate of drug-likeness (QED) is 0.780. The van der Waals surface area contributed by atoms with E-state index in [1.807, 2.05) is 6.92 Å². The average molecular weight is 280 g/mol. The third-order valence-electron chi connectivity index (χ3n) is 2.95. The molecule has 1 saturated heterocycles. The SMILES string of the molecule is CCOc1ccc(C(=O)NCC2COCCO2)cc1N. The molecule has 0 bridgehead atoms. The fourth-order valence-electron chi connectivity index (χ4n) is 1.94. The van der Waals surface area contributed by atoms with E-state index in [9.17, 15) is 4.79 Å². The van der Waals surface area contributed by atoms with Crippen LogP contribution in [0, 0.1) is 0 Å². The van der Waals surface area contributed by atoms with E-state index in [0.29, 0.717) is 50.0 Å². The van der Waals surface area contributed by atoms with Crippen LogP contribution in [0.25, 0.3) is 0 Å². The smallest absolute Gasteiger partial charge is 0.251 e. The lowest BCUT2D eigenvalue weighted by atomic mass is 10.1. The van der Waals surface area contributed by atoms with Gasteiger partial charge in [-0.05, 0) is 25.1 Å². The molecule has 1 aromatic carbocycles. The zero-order valence-corrected chi connectivity index (χ0v) is 11.6. The van der Waals surface area contributed by atoms with E-state index in [0.717, 1.165) is 0 Å². The first-order valence-electron chi connectivity index (χ1n) is 6.70. The number of nitrogen functional groups attached to an aromatic ring is 1. The molecule has 1 atom stereocenters. The fraction of sp³-hybridized carbons (Fsp3) is 0.500. The molecular formula is C14H20N2O4. The van der Waals surface area contributed by atoms with Crippen molar-refractivity contribution in [2.75, 3.05) is 38.7 Å². The van der Waals surface area contributed by atoms with Crippen molar-refractivity contribution in [3.63, 3.8) is 0 Å². The maximum Gasteiger partial charge on any atom is 0.251 e. The summed E-state index contributed by atoms with van der Waals surface area (Å²) in [5.41, 5.74) is 6.79. The average Bonchev–Trinajstić information content (AvgIpc) is 2.48. The summed E-state index contributed by atoms with van der Waals surface area (Å²) in [5, 5.41) is 2.81. The number of carbonyl (C=O) groups excluding carboxylic acids is 1. The van der Waals surface area contributed by atoms with Crippen molar-refractivity contribution >= 4 is 11.6 Å². The van der Waals surface area contributed by atoms with Gasteiger partial charge in [0.25, 0.3) is 5.91 Å². The van der Waals surface area contributed by atoms with Gasteiger partial charge >= 0.3 is 0 Å². The molecule has 0 saturated carbocycles. The lowest BCUT2D eigenvalue weighted by Gasteiger charge is -2.23. The number of amides is 1. The highest BCUT2D eigenvalue weighted by molar-refractivity contribution is 5.95. The Morgan fingerprint density at radius 1 is 1.50 bits per heavy atom. The van der Waals surface area contributed by atoms with Gasteiger partial charge in [0, 0.05) is 12.1 Å². The topological polar surface area (TPSA) is 82.8 Å². The standard InChI is InChI=1S/C14H20N2O4/c1-2-19-13-4-3-10(7-12(13)15)14(17)16-8-11-9-18-5-6-20-11/h3-4,7,11H,2,5-6,8-9,15H2,1H3,(H,16,17). The van der Waals surface area contributed by atoms with Gasteiger partial charge in [0.15, 0.2) is 0 Å². The third-order valence-corrected chi connectivity index (χ3v) is 2.95. The molecule has 1 aromatic rings. The molecule has 1 unspecified atom stereocenters. The molecule has 110 valence electrons. The largest absolute Gasteiger partial charge is 0.492 e. The van der Waals surface area contributed by atoms with Gasteiger partial charge in [-0.25, -0.2) is 0 Å². The van der Waals surface area contributed by atoms with Crippen LogP contribution in [0.4, 0.5) is 5.69 Å². The molecule has 3 N–H and O–H groups in total. The Morgan fingerprint density at radius 2 is 2.35 bits per heavy atom. The summed E-state index contributed by atoms with van der Waals surface area (Å²) < 4.78 is 16.1. The Morgan fingerprint density at radius 3 is 3.00 bits per heavy atom. The van der Waals surface area contributed by atoms with Crippen LogP contribution in [0.5, 0.6) is 5.75 Å². The van der Waals surface area contributed by atoms with Gasteiger partial charge in [-0.1, -0.05) is 0 Å². The minimum atomic E-state index is -0.186. The number of nitrogens with one attached hydrogen (secondary N) is 1. The van der Waals surface area contributed by atoms with E-state index >= 15 is 0 Å². The van der Waals surface area contributed by atoms with Gasteiger partial charge in [-0.2, -0.15) is 0 Å².